The maximum Gasteiger partial charge on any atom is 0.196 e. The third-order valence-corrected chi connectivity index (χ3v) is 5.64. The molecule has 1 heterocycles. The lowest BCUT2D eigenvalue weighted by atomic mass is 10.0. The van der Waals surface area contributed by atoms with Crippen LogP contribution in [0.25, 0.3) is 33.0 Å². The molecule has 5 rings (SSSR count). The molecule has 144 valence electrons. The highest BCUT2D eigenvalue weighted by Gasteiger charge is 2.41. The highest BCUT2D eigenvalue weighted by Crippen LogP contribution is 2.48. The summed E-state index contributed by atoms with van der Waals surface area (Å²) in [6.07, 6.45) is -0.721. The Morgan fingerprint density at radius 1 is 0.857 bits per heavy atom. The van der Waals surface area contributed by atoms with E-state index in [0.717, 1.165) is 5.69 Å². The molecule has 2 aliphatic rings. The van der Waals surface area contributed by atoms with Gasteiger partial charge in [-0.15, -0.1) is 0 Å². The van der Waals surface area contributed by atoms with E-state index >= 15 is 0 Å². The van der Waals surface area contributed by atoms with Crippen LogP contribution < -0.4 is 5.32 Å². The van der Waals surface area contributed by atoms with Crippen molar-refractivity contribution in [2.24, 2.45) is 5.92 Å². The third-order valence-electron chi connectivity index (χ3n) is 5.64. The van der Waals surface area contributed by atoms with Crippen molar-refractivity contribution in [1.29, 1.82) is 0 Å². The average Bonchev–Trinajstić information content (AvgIpc) is 3.01. The van der Waals surface area contributed by atoms with Gasteiger partial charge >= 0.3 is 0 Å². The first kappa shape index (κ1) is 17.7. The molecule has 4 heteroatoms. The zero-order chi connectivity index (χ0) is 19.5. The highest BCUT2D eigenvalue weighted by atomic mass is 17.2. The van der Waals surface area contributed by atoms with Gasteiger partial charge in [-0.3, -0.25) is 0 Å². The van der Waals surface area contributed by atoms with Crippen molar-refractivity contribution in [3.05, 3.63) is 54.6 Å². The van der Waals surface area contributed by atoms with E-state index < -0.39 is 11.9 Å². The number of anilines is 1. The van der Waals surface area contributed by atoms with E-state index in [9.17, 15) is 0 Å². The van der Waals surface area contributed by atoms with Crippen molar-refractivity contribution in [3.8, 4) is 22.3 Å². The van der Waals surface area contributed by atoms with Gasteiger partial charge in [-0.25, -0.2) is 9.78 Å². The molecule has 2 unspecified atom stereocenters. The maximum absolute atomic E-state index is 6.20. The molecule has 3 aromatic carbocycles. The molecule has 3 aromatic rings. The molecule has 1 aliphatic heterocycles. The first-order valence-electron chi connectivity index (χ1n) is 9.88. The second kappa shape index (κ2) is 6.31. The van der Waals surface area contributed by atoms with Crippen LogP contribution in [-0.2, 0) is 14.5 Å². The molecule has 2 atom stereocenters. The van der Waals surface area contributed by atoms with Gasteiger partial charge < -0.3 is 10.1 Å². The van der Waals surface area contributed by atoms with Crippen LogP contribution in [0.2, 0.25) is 0 Å². The number of hydrogen-bond donors (Lipinski definition) is 1. The second-order valence-electron chi connectivity index (χ2n) is 8.49. The fourth-order valence-corrected chi connectivity index (χ4v) is 4.09. The van der Waals surface area contributed by atoms with Crippen LogP contribution in [0.3, 0.4) is 0 Å². The van der Waals surface area contributed by atoms with E-state index in [1.807, 2.05) is 13.8 Å². The smallest absolute Gasteiger partial charge is 0.196 e. The molecule has 0 bridgehead atoms. The molecule has 4 nitrogen and oxygen atoms in total. The van der Waals surface area contributed by atoms with Crippen LogP contribution in [0.15, 0.2) is 54.6 Å². The highest BCUT2D eigenvalue weighted by molar-refractivity contribution is 6.18. The molecule has 0 radical (unpaired) electrons. The van der Waals surface area contributed by atoms with Gasteiger partial charge in [-0.05, 0) is 47.6 Å². The van der Waals surface area contributed by atoms with Gasteiger partial charge in [0.15, 0.2) is 12.5 Å². The molecule has 1 saturated heterocycles. The second-order valence-corrected chi connectivity index (χ2v) is 8.49. The Morgan fingerprint density at radius 3 is 2.25 bits per heavy atom. The Hall–Kier alpha value is -2.40. The molecule has 0 saturated carbocycles. The summed E-state index contributed by atoms with van der Waals surface area (Å²) in [7, 11) is 0. The van der Waals surface area contributed by atoms with Crippen LogP contribution >= 0.6 is 0 Å². The Morgan fingerprint density at radius 2 is 1.54 bits per heavy atom. The molecule has 0 spiro atoms. The van der Waals surface area contributed by atoms with E-state index in [1.54, 1.807) is 0 Å². The molecule has 1 aliphatic carbocycles. The van der Waals surface area contributed by atoms with Crippen molar-refractivity contribution in [2.75, 3.05) is 5.32 Å². The molecule has 28 heavy (non-hydrogen) atoms. The van der Waals surface area contributed by atoms with Crippen LogP contribution in [0, 0.1) is 5.92 Å². The van der Waals surface area contributed by atoms with Crippen molar-refractivity contribution in [1.82, 2.24) is 0 Å². The molecule has 1 N–H and O–H groups in total. The third kappa shape index (κ3) is 2.64. The summed E-state index contributed by atoms with van der Waals surface area (Å²) in [5.41, 5.74) is 5.60. The predicted octanol–water partition coefficient (Wildman–Crippen LogP) is 5.96. The summed E-state index contributed by atoms with van der Waals surface area (Å²) < 4.78 is 6.20. The van der Waals surface area contributed by atoms with Gasteiger partial charge in [-0.1, -0.05) is 62.4 Å². The van der Waals surface area contributed by atoms with Crippen molar-refractivity contribution >= 4 is 16.5 Å². The normalized spacial score (nSPS) is 22.5. The SMILES string of the molecule is CC(C)C1OOC(C)(C)C(Nc2ccc3c4c(cccc24)-c2ccccc2-3)O1. The van der Waals surface area contributed by atoms with E-state index in [-0.39, 0.29) is 12.1 Å². The fourth-order valence-electron chi connectivity index (χ4n) is 4.09. The van der Waals surface area contributed by atoms with Crippen LogP contribution in [0.5, 0.6) is 0 Å². The van der Waals surface area contributed by atoms with E-state index in [0.29, 0.717) is 0 Å². The van der Waals surface area contributed by atoms with Crippen LogP contribution in [0.4, 0.5) is 5.69 Å². The van der Waals surface area contributed by atoms with Gasteiger partial charge in [0.05, 0.1) is 0 Å². The standard InChI is InChI=1S/C24H25NO3/c1-14(2)22-26-23(24(3,4)28-27-22)25-20-13-12-18-16-9-6-5-8-15(16)17-10-7-11-19(20)21(17)18/h5-14,22-23,25H,1-4H3. The number of hydrogen-bond acceptors (Lipinski definition) is 4. The summed E-state index contributed by atoms with van der Waals surface area (Å²) in [6, 6.07) is 19.4. The van der Waals surface area contributed by atoms with E-state index in [1.165, 1.54) is 33.0 Å². The Bertz CT molecular complexity index is 1030. The lowest BCUT2D eigenvalue weighted by Crippen LogP contribution is -2.54. The van der Waals surface area contributed by atoms with Crippen LogP contribution in [-0.4, -0.2) is 18.1 Å². The molecule has 1 fully saturated rings. The summed E-state index contributed by atoms with van der Waals surface area (Å²) in [5.74, 6) is 0.197. The van der Waals surface area contributed by atoms with Gasteiger partial charge in [0.25, 0.3) is 0 Å². The van der Waals surface area contributed by atoms with Gasteiger partial charge in [0, 0.05) is 17.0 Å². The van der Waals surface area contributed by atoms with Crippen molar-refractivity contribution < 1.29 is 14.5 Å². The molecule has 0 aromatic heterocycles. The summed E-state index contributed by atoms with van der Waals surface area (Å²) in [6.45, 7) is 8.05. The zero-order valence-corrected chi connectivity index (χ0v) is 16.7. The Kier molecular flexibility index (Phi) is 3.98. The summed E-state index contributed by atoms with van der Waals surface area (Å²) in [4.78, 5) is 11.1. The topological polar surface area (TPSA) is 39.7 Å². The quantitative estimate of drug-likeness (QED) is 0.448. The fraction of sp³-hybridized carbons (Fsp3) is 0.333. The van der Waals surface area contributed by atoms with Gasteiger partial charge in [0.1, 0.15) is 5.60 Å². The van der Waals surface area contributed by atoms with Crippen molar-refractivity contribution in [3.63, 3.8) is 0 Å². The first-order chi connectivity index (χ1) is 13.5. The maximum atomic E-state index is 6.20. The largest absolute Gasteiger partial charge is 0.357 e. The summed E-state index contributed by atoms with van der Waals surface area (Å²) in [5, 5.41) is 6.07. The van der Waals surface area contributed by atoms with E-state index in [2.05, 4.69) is 73.8 Å². The first-order valence-corrected chi connectivity index (χ1v) is 9.88. The number of benzene rings is 3. The van der Waals surface area contributed by atoms with Crippen molar-refractivity contribution in [2.45, 2.75) is 45.8 Å². The lowest BCUT2D eigenvalue weighted by Gasteiger charge is -2.42. The molecular weight excluding hydrogens is 350 g/mol. The minimum absolute atomic E-state index is 0.197. The number of fused-ring (bicyclic) bond motifs is 3. The molecule has 0 amide bonds. The predicted molar refractivity (Wildman–Crippen MR) is 112 cm³/mol. The summed E-state index contributed by atoms with van der Waals surface area (Å²) >= 11 is 0. The lowest BCUT2D eigenvalue weighted by molar-refractivity contribution is -0.485. The Balaban J connectivity index is 1.57. The number of nitrogens with one attached hydrogen (secondary N) is 1. The molecular formula is C24H25NO3. The number of rotatable bonds is 3. The van der Waals surface area contributed by atoms with Gasteiger partial charge in [0.2, 0.25) is 0 Å². The minimum Gasteiger partial charge on any atom is -0.357 e. The monoisotopic (exact) mass is 375 g/mol. The van der Waals surface area contributed by atoms with Crippen LogP contribution in [0.1, 0.15) is 27.7 Å². The zero-order valence-electron chi connectivity index (χ0n) is 16.7. The average molecular weight is 375 g/mol. The Labute approximate surface area is 165 Å². The number of ether oxygens (including phenoxy) is 1. The minimum atomic E-state index is -0.614. The van der Waals surface area contributed by atoms with Gasteiger partial charge in [-0.2, -0.15) is 0 Å². The van der Waals surface area contributed by atoms with E-state index in [4.69, 9.17) is 14.5 Å².